The zero-order chi connectivity index (χ0) is 15.1. The van der Waals surface area contributed by atoms with Crippen LogP contribution in [0.2, 0.25) is 0 Å². The Kier molecular flexibility index (Phi) is 5.60. The van der Waals surface area contributed by atoms with E-state index in [9.17, 15) is 9.59 Å². The van der Waals surface area contributed by atoms with Gasteiger partial charge in [0.2, 0.25) is 5.91 Å². The molecule has 2 atom stereocenters. The van der Waals surface area contributed by atoms with E-state index in [0.29, 0.717) is 32.3 Å². The molecule has 0 heterocycles. The van der Waals surface area contributed by atoms with E-state index in [1.165, 1.54) is 0 Å². The molecule has 1 aliphatic rings. The van der Waals surface area contributed by atoms with Crippen LogP contribution in [-0.2, 0) is 9.59 Å². The SMILES string of the molecule is O=C(CCCOc1ccccc1)NC1CCC(C(=O)O)C1. The zero-order valence-electron chi connectivity index (χ0n) is 12.0. The number of carbonyl (C=O) groups excluding carboxylic acids is 1. The predicted molar refractivity (Wildman–Crippen MR) is 78.1 cm³/mol. The van der Waals surface area contributed by atoms with Crippen LogP contribution in [0, 0.1) is 5.92 Å². The average Bonchev–Trinajstić information content (AvgIpc) is 2.93. The lowest BCUT2D eigenvalue weighted by molar-refractivity contribution is -0.141. The number of ether oxygens (including phenoxy) is 1. The van der Waals surface area contributed by atoms with E-state index in [4.69, 9.17) is 9.84 Å². The number of hydrogen-bond acceptors (Lipinski definition) is 3. The second-order valence-corrected chi connectivity index (χ2v) is 5.38. The lowest BCUT2D eigenvalue weighted by atomic mass is 10.1. The van der Waals surface area contributed by atoms with Crippen LogP contribution in [0.5, 0.6) is 5.75 Å². The molecule has 0 spiro atoms. The fourth-order valence-corrected chi connectivity index (χ4v) is 2.58. The summed E-state index contributed by atoms with van der Waals surface area (Å²) in [6.45, 7) is 0.500. The standard InChI is InChI=1S/C16H21NO4/c18-15(17-13-9-8-12(11-13)16(19)20)7-4-10-21-14-5-2-1-3-6-14/h1-3,5-6,12-13H,4,7-11H2,(H,17,18)(H,19,20). The summed E-state index contributed by atoms with van der Waals surface area (Å²) in [7, 11) is 0. The van der Waals surface area contributed by atoms with Gasteiger partial charge in [-0.15, -0.1) is 0 Å². The first-order valence-electron chi connectivity index (χ1n) is 7.35. The van der Waals surface area contributed by atoms with Crippen LogP contribution < -0.4 is 10.1 Å². The van der Waals surface area contributed by atoms with Gasteiger partial charge >= 0.3 is 5.97 Å². The van der Waals surface area contributed by atoms with Gasteiger partial charge in [-0.3, -0.25) is 9.59 Å². The number of para-hydroxylation sites is 1. The van der Waals surface area contributed by atoms with Crippen LogP contribution in [0.15, 0.2) is 30.3 Å². The van der Waals surface area contributed by atoms with Crippen molar-refractivity contribution in [1.29, 1.82) is 0 Å². The van der Waals surface area contributed by atoms with Crippen LogP contribution in [0.3, 0.4) is 0 Å². The minimum Gasteiger partial charge on any atom is -0.494 e. The van der Waals surface area contributed by atoms with Crippen molar-refractivity contribution in [1.82, 2.24) is 5.32 Å². The molecule has 2 N–H and O–H groups in total. The van der Waals surface area contributed by atoms with Gasteiger partial charge in [-0.05, 0) is 37.8 Å². The molecule has 114 valence electrons. The van der Waals surface area contributed by atoms with Gasteiger partial charge in [0.05, 0.1) is 12.5 Å². The Morgan fingerprint density at radius 2 is 2.00 bits per heavy atom. The maximum absolute atomic E-state index is 11.8. The third-order valence-electron chi connectivity index (χ3n) is 3.71. The maximum atomic E-state index is 11.8. The molecular weight excluding hydrogens is 270 g/mol. The highest BCUT2D eigenvalue weighted by atomic mass is 16.5. The smallest absolute Gasteiger partial charge is 0.306 e. The molecule has 5 nitrogen and oxygen atoms in total. The molecule has 0 saturated heterocycles. The fraction of sp³-hybridized carbons (Fsp3) is 0.500. The lowest BCUT2D eigenvalue weighted by Crippen LogP contribution is -2.33. The van der Waals surface area contributed by atoms with E-state index in [2.05, 4.69) is 5.32 Å². The minimum absolute atomic E-state index is 0.00800. The number of nitrogens with one attached hydrogen (secondary N) is 1. The number of benzene rings is 1. The zero-order valence-corrected chi connectivity index (χ0v) is 12.0. The molecule has 1 fully saturated rings. The summed E-state index contributed by atoms with van der Waals surface area (Å²) in [6.07, 6.45) is 3.00. The normalized spacial score (nSPS) is 21.0. The molecule has 0 aliphatic heterocycles. The van der Waals surface area contributed by atoms with Crippen LogP contribution in [-0.4, -0.2) is 29.6 Å². The van der Waals surface area contributed by atoms with Crippen molar-refractivity contribution < 1.29 is 19.4 Å². The van der Waals surface area contributed by atoms with Crippen molar-refractivity contribution in [3.63, 3.8) is 0 Å². The maximum Gasteiger partial charge on any atom is 0.306 e. The number of carbonyl (C=O) groups is 2. The van der Waals surface area contributed by atoms with Crippen molar-refractivity contribution in [2.75, 3.05) is 6.61 Å². The summed E-state index contributed by atoms with van der Waals surface area (Å²) < 4.78 is 5.52. The first-order chi connectivity index (χ1) is 10.1. The van der Waals surface area contributed by atoms with E-state index < -0.39 is 5.97 Å². The number of rotatable bonds is 7. The van der Waals surface area contributed by atoms with Crippen LogP contribution >= 0.6 is 0 Å². The molecule has 1 amide bonds. The van der Waals surface area contributed by atoms with E-state index in [-0.39, 0.29) is 17.9 Å². The van der Waals surface area contributed by atoms with Gasteiger partial charge in [-0.25, -0.2) is 0 Å². The molecule has 1 aromatic carbocycles. The first-order valence-corrected chi connectivity index (χ1v) is 7.35. The Bertz CT molecular complexity index is 474. The Balaban J connectivity index is 1.59. The van der Waals surface area contributed by atoms with Gasteiger partial charge in [-0.1, -0.05) is 18.2 Å². The number of amides is 1. The third-order valence-corrected chi connectivity index (χ3v) is 3.71. The van der Waals surface area contributed by atoms with E-state index in [1.54, 1.807) is 0 Å². The lowest BCUT2D eigenvalue weighted by Gasteiger charge is -2.12. The largest absolute Gasteiger partial charge is 0.494 e. The van der Waals surface area contributed by atoms with E-state index in [1.807, 2.05) is 30.3 Å². The Morgan fingerprint density at radius 1 is 1.24 bits per heavy atom. The predicted octanol–water partition coefficient (Wildman–Crippen LogP) is 2.22. The fourth-order valence-electron chi connectivity index (χ4n) is 2.58. The summed E-state index contributed by atoms with van der Waals surface area (Å²) in [4.78, 5) is 22.6. The van der Waals surface area contributed by atoms with Crippen molar-refractivity contribution in [3.05, 3.63) is 30.3 Å². The van der Waals surface area contributed by atoms with Gasteiger partial charge in [0, 0.05) is 12.5 Å². The molecule has 0 bridgehead atoms. The molecule has 5 heteroatoms. The second-order valence-electron chi connectivity index (χ2n) is 5.38. The third kappa shape index (κ3) is 5.10. The summed E-state index contributed by atoms with van der Waals surface area (Å²) >= 11 is 0. The topological polar surface area (TPSA) is 75.6 Å². The van der Waals surface area contributed by atoms with E-state index >= 15 is 0 Å². The van der Waals surface area contributed by atoms with Crippen LogP contribution in [0.4, 0.5) is 0 Å². The molecule has 1 aromatic rings. The Labute approximate surface area is 124 Å². The molecule has 2 unspecified atom stereocenters. The minimum atomic E-state index is -0.761. The van der Waals surface area contributed by atoms with Gasteiger partial charge in [-0.2, -0.15) is 0 Å². The second kappa shape index (κ2) is 7.67. The quantitative estimate of drug-likeness (QED) is 0.755. The summed E-state index contributed by atoms with van der Waals surface area (Å²) in [5.74, 6) is -0.291. The Morgan fingerprint density at radius 3 is 2.67 bits per heavy atom. The monoisotopic (exact) mass is 291 g/mol. The number of carboxylic acid groups (broad SMARTS) is 1. The van der Waals surface area contributed by atoms with Gasteiger partial charge in [0.15, 0.2) is 0 Å². The summed E-state index contributed by atoms with van der Waals surface area (Å²) in [5, 5.41) is 11.8. The average molecular weight is 291 g/mol. The van der Waals surface area contributed by atoms with Crippen LogP contribution in [0.1, 0.15) is 32.1 Å². The van der Waals surface area contributed by atoms with Crippen LogP contribution in [0.25, 0.3) is 0 Å². The number of aliphatic carboxylic acids is 1. The Hall–Kier alpha value is -2.04. The molecular formula is C16H21NO4. The molecule has 0 aromatic heterocycles. The molecule has 1 aliphatic carbocycles. The molecule has 21 heavy (non-hydrogen) atoms. The highest BCUT2D eigenvalue weighted by Gasteiger charge is 2.30. The number of hydrogen-bond donors (Lipinski definition) is 2. The number of carboxylic acids is 1. The highest BCUT2D eigenvalue weighted by Crippen LogP contribution is 2.25. The van der Waals surface area contributed by atoms with Crippen molar-refractivity contribution in [3.8, 4) is 5.75 Å². The van der Waals surface area contributed by atoms with Gasteiger partial charge in [0.1, 0.15) is 5.75 Å². The highest BCUT2D eigenvalue weighted by molar-refractivity contribution is 5.76. The summed E-state index contributed by atoms with van der Waals surface area (Å²) in [5.41, 5.74) is 0. The summed E-state index contributed by atoms with van der Waals surface area (Å²) in [6, 6.07) is 9.50. The molecule has 2 rings (SSSR count). The van der Waals surface area contributed by atoms with Crippen molar-refractivity contribution in [2.45, 2.75) is 38.1 Å². The van der Waals surface area contributed by atoms with Gasteiger partial charge in [0.25, 0.3) is 0 Å². The van der Waals surface area contributed by atoms with Gasteiger partial charge < -0.3 is 15.2 Å². The molecule has 1 saturated carbocycles. The van der Waals surface area contributed by atoms with Crippen molar-refractivity contribution >= 4 is 11.9 Å². The first kappa shape index (κ1) is 15.4. The van der Waals surface area contributed by atoms with Crippen molar-refractivity contribution in [2.24, 2.45) is 5.92 Å². The van der Waals surface area contributed by atoms with E-state index in [0.717, 1.165) is 12.2 Å². The molecule has 0 radical (unpaired) electrons.